The maximum atomic E-state index is 14.4. The summed E-state index contributed by atoms with van der Waals surface area (Å²) in [5.74, 6) is -1.88. The Hall–Kier alpha value is -4.85. The average molecular weight is 573 g/mol. The highest BCUT2D eigenvalue weighted by atomic mass is 19.1. The molecule has 0 aromatic heterocycles. The van der Waals surface area contributed by atoms with Gasteiger partial charge in [-0.2, -0.15) is 0 Å². The minimum Gasteiger partial charge on any atom is -0.496 e. The number of ketones is 2. The van der Waals surface area contributed by atoms with Gasteiger partial charge >= 0.3 is 5.97 Å². The Bertz CT molecular complexity index is 1650. The average Bonchev–Trinajstić information content (AvgIpc) is 2.99. The number of hydrogen-bond donors (Lipinski definition) is 0. The topological polar surface area (TPSA) is 78.9 Å². The van der Waals surface area contributed by atoms with Gasteiger partial charge in [0.15, 0.2) is 11.6 Å². The molecule has 0 bridgehead atoms. The highest BCUT2D eigenvalue weighted by Gasteiger charge is 2.21. The zero-order valence-corrected chi connectivity index (χ0v) is 23.7. The Morgan fingerprint density at radius 1 is 0.762 bits per heavy atom. The first-order valence-corrected chi connectivity index (χ1v) is 13.3. The number of methoxy groups -OCH3 is 2. The highest BCUT2D eigenvalue weighted by molar-refractivity contribution is 6.00. The maximum absolute atomic E-state index is 14.4. The number of hydrogen-bond acceptors (Lipinski definition) is 6. The molecular formula is C34H30F2O6. The molecule has 0 N–H and O–H groups in total. The van der Waals surface area contributed by atoms with Crippen LogP contribution in [0.4, 0.5) is 8.78 Å². The molecule has 0 fully saturated rings. The Labute approximate surface area is 242 Å². The lowest BCUT2D eigenvalue weighted by atomic mass is 9.91. The van der Waals surface area contributed by atoms with Crippen molar-refractivity contribution in [1.82, 2.24) is 0 Å². The fraction of sp³-hybridized carbons (Fsp3) is 0.206. The first-order valence-electron chi connectivity index (χ1n) is 13.3. The van der Waals surface area contributed by atoms with Gasteiger partial charge in [-0.25, -0.2) is 13.6 Å². The lowest BCUT2D eigenvalue weighted by Gasteiger charge is -2.16. The number of esters is 1. The molecular weight excluding hydrogens is 542 g/mol. The predicted molar refractivity (Wildman–Crippen MR) is 155 cm³/mol. The predicted octanol–water partition coefficient (Wildman–Crippen LogP) is 7.84. The van der Waals surface area contributed by atoms with Gasteiger partial charge in [-0.1, -0.05) is 31.2 Å². The maximum Gasteiger partial charge on any atom is 0.347 e. The summed E-state index contributed by atoms with van der Waals surface area (Å²) in [5.41, 5.74) is 2.13. The van der Waals surface area contributed by atoms with E-state index in [-0.39, 0.29) is 51.9 Å². The van der Waals surface area contributed by atoms with Crippen LogP contribution >= 0.6 is 0 Å². The molecule has 0 spiro atoms. The molecule has 0 amide bonds. The molecule has 1 atom stereocenters. The number of halogens is 2. The van der Waals surface area contributed by atoms with Crippen molar-refractivity contribution in [2.75, 3.05) is 14.2 Å². The Morgan fingerprint density at radius 3 is 2.14 bits per heavy atom. The van der Waals surface area contributed by atoms with E-state index in [9.17, 15) is 23.2 Å². The second-order valence-corrected chi connectivity index (χ2v) is 9.80. The summed E-state index contributed by atoms with van der Waals surface area (Å²) < 4.78 is 44.1. The molecule has 8 heteroatoms. The molecule has 0 saturated carbocycles. The summed E-state index contributed by atoms with van der Waals surface area (Å²) >= 11 is 0. The first kappa shape index (κ1) is 30.1. The second kappa shape index (κ2) is 13.2. The monoisotopic (exact) mass is 572 g/mol. The summed E-state index contributed by atoms with van der Waals surface area (Å²) in [6.07, 6.45) is 0.579. The van der Waals surface area contributed by atoms with Gasteiger partial charge in [0.1, 0.15) is 34.4 Å². The van der Waals surface area contributed by atoms with Crippen molar-refractivity contribution < 1.29 is 37.4 Å². The summed E-state index contributed by atoms with van der Waals surface area (Å²) in [6.45, 7) is 3.32. The molecule has 0 aliphatic heterocycles. The fourth-order valence-corrected chi connectivity index (χ4v) is 4.66. The molecule has 6 nitrogen and oxygen atoms in total. The molecule has 0 radical (unpaired) electrons. The molecule has 4 rings (SSSR count). The Balaban J connectivity index is 1.52. The molecule has 0 aliphatic rings. The van der Waals surface area contributed by atoms with Gasteiger partial charge < -0.3 is 14.2 Å². The third kappa shape index (κ3) is 6.71. The molecule has 0 heterocycles. The zero-order chi connectivity index (χ0) is 30.4. The zero-order valence-electron chi connectivity index (χ0n) is 23.7. The fourth-order valence-electron chi connectivity index (χ4n) is 4.66. The van der Waals surface area contributed by atoms with E-state index in [1.54, 1.807) is 54.6 Å². The van der Waals surface area contributed by atoms with Gasteiger partial charge in [0.2, 0.25) is 0 Å². The van der Waals surface area contributed by atoms with Crippen LogP contribution in [0.1, 0.15) is 69.2 Å². The van der Waals surface area contributed by atoms with Crippen molar-refractivity contribution in [1.29, 1.82) is 0 Å². The normalized spacial score (nSPS) is 11.5. The standard InChI is InChI=1S/C34H30F2O6/c1-20(9-14-30(38)27-18-23(11-16-31(27)40-3)26-13-12-24(35)19-29(26)36)22-10-15-32(41-4)28(17-22)34(39)42-33-8-6-5-7-25(33)21(2)37/h5-8,10-13,15-20H,9,14H2,1-4H3. The first-order chi connectivity index (χ1) is 20.1. The summed E-state index contributed by atoms with van der Waals surface area (Å²) in [6, 6.07) is 19.6. The summed E-state index contributed by atoms with van der Waals surface area (Å²) in [4.78, 5) is 38.4. The Kier molecular flexibility index (Phi) is 9.47. The SMILES string of the molecule is COc1ccc(-c2ccc(F)cc2F)cc1C(=O)CCC(C)c1ccc(OC)c(C(=O)Oc2ccccc2C(C)=O)c1. The van der Waals surface area contributed by atoms with E-state index < -0.39 is 17.6 Å². The van der Waals surface area contributed by atoms with Crippen LogP contribution in [0.3, 0.4) is 0 Å². The minimum absolute atomic E-state index is 0.139. The van der Waals surface area contributed by atoms with E-state index in [1.807, 2.05) is 13.0 Å². The van der Waals surface area contributed by atoms with Crippen LogP contribution in [0.2, 0.25) is 0 Å². The number of para-hydroxylation sites is 1. The van der Waals surface area contributed by atoms with Crippen molar-refractivity contribution in [2.24, 2.45) is 0 Å². The number of carbonyl (C=O) groups excluding carboxylic acids is 3. The van der Waals surface area contributed by atoms with E-state index in [2.05, 4.69) is 0 Å². The van der Waals surface area contributed by atoms with E-state index in [0.717, 1.165) is 17.7 Å². The van der Waals surface area contributed by atoms with Crippen LogP contribution in [0.5, 0.6) is 17.2 Å². The number of ether oxygens (including phenoxy) is 3. The Morgan fingerprint density at radius 2 is 1.45 bits per heavy atom. The van der Waals surface area contributed by atoms with Crippen molar-refractivity contribution in [2.45, 2.75) is 32.6 Å². The molecule has 0 aliphatic carbocycles. The smallest absolute Gasteiger partial charge is 0.347 e. The number of Topliss-reactive ketones (excluding diaryl/α,β-unsaturated/α-hetero) is 2. The third-order valence-corrected chi connectivity index (χ3v) is 7.03. The van der Waals surface area contributed by atoms with Crippen LogP contribution in [0.15, 0.2) is 78.9 Å². The number of benzene rings is 4. The highest BCUT2D eigenvalue weighted by Crippen LogP contribution is 2.32. The van der Waals surface area contributed by atoms with E-state index in [0.29, 0.717) is 23.5 Å². The van der Waals surface area contributed by atoms with Gasteiger partial charge in [0, 0.05) is 18.1 Å². The van der Waals surface area contributed by atoms with Gasteiger partial charge in [-0.3, -0.25) is 9.59 Å². The molecule has 42 heavy (non-hydrogen) atoms. The molecule has 0 saturated heterocycles. The van der Waals surface area contributed by atoms with E-state index >= 15 is 0 Å². The van der Waals surface area contributed by atoms with Gasteiger partial charge in [0.05, 0.1) is 25.3 Å². The van der Waals surface area contributed by atoms with E-state index in [1.165, 1.54) is 27.2 Å². The second-order valence-electron chi connectivity index (χ2n) is 9.80. The van der Waals surface area contributed by atoms with Crippen LogP contribution in [-0.4, -0.2) is 31.8 Å². The number of carbonyl (C=O) groups is 3. The summed E-state index contributed by atoms with van der Waals surface area (Å²) in [7, 11) is 2.89. The minimum atomic E-state index is -0.731. The van der Waals surface area contributed by atoms with Crippen molar-refractivity contribution in [3.8, 4) is 28.4 Å². The number of rotatable bonds is 11. The molecule has 4 aromatic rings. The largest absolute Gasteiger partial charge is 0.496 e. The van der Waals surface area contributed by atoms with Crippen LogP contribution in [0.25, 0.3) is 11.1 Å². The third-order valence-electron chi connectivity index (χ3n) is 7.03. The van der Waals surface area contributed by atoms with Crippen molar-refractivity contribution in [3.63, 3.8) is 0 Å². The van der Waals surface area contributed by atoms with Crippen LogP contribution in [-0.2, 0) is 0 Å². The van der Waals surface area contributed by atoms with Crippen LogP contribution < -0.4 is 14.2 Å². The lowest BCUT2D eigenvalue weighted by Crippen LogP contribution is -2.13. The van der Waals surface area contributed by atoms with Gasteiger partial charge in [-0.15, -0.1) is 0 Å². The molecule has 4 aromatic carbocycles. The molecule has 1 unspecified atom stereocenters. The van der Waals surface area contributed by atoms with Crippen molar-refractivity contribution in [3.05, 3.63) is 113 Å². The van der Waals surface area contributed by atoms with Crippen molar-refractivity contribution >= 4 is 17.5 Å². The lowest BCUT2D eigenvalue weighted by molar-refractivity contribution is 0.0728. The van der Waals surface area contributed by atoms with E-state index in [4.69, 9.17) is 14.2 Å². The van der Waals surface area contributed by atoms with Gasteiger partial charge in [0.25, 0.3) is 0 Å². The molecule has 216 valence electrons. The van der Waals surface area contributed by atoms with Gasteiger partial charge in [-0.05, 0) is 78.9 Å². The quantitative estimate of drug-likeness (QED) is 0.104. The van der Waals surface area contributed by atoms with Crippen LogP contribution in [0, 0.1) is 11.6 Å². The summed E-state index contributed by atoms with van der Waals surface area (Å²) in [5, 5.41) is 0.